The van der Waals surface area contributed by atoms with Crippen LogP contribution in [0.2, 0.25) is 0 Å². The van der Waals surface area contributed by atoms with Gasteiger partial charge < -0.3 is 9.57 Å². The number of benzene rings is 1. The summed E-state index contributed by atoms with van der Waals surface area (Å²) in [4.78, 5) is 5.15. The molecule has 2 rings (SSSR count). The highest BCUT2D eigenvalue weighted by Crippen LogP contribution is 2.43. The first-order valence-corrected chi connectivity index (χ1v) is 7.09. The summed E-state index contributed by atoms with van der Waals surface area (Å²) in [5.74, 6) is 1.55. The fourth-order valence-electron chi connectivity index (χ4n) is 2.74. The predicted molar refractivity (Wildman–Crippen MR) is 77.4 cm³/mol. The third-order valence-electron chi connectivity index (χ3n) is 3.93. The number of hydroxylamine groups is 1. The molecule has 3 nitrogen and oxygen atoms in total. The first kappa shape index (κ1) is 14.4. The van der Waals surface area contributed by atoms with Gasteiger partial charge in [-0.15, -0.1) is 0 Å². The third-order valence-corrected chi connectivity index (χ3v) is 3.93. The quantitative estimate of drug-likeness (QED) is 0.834. The molecule has 3 heteroatoms. The van der Waals surface area contributed by atoms with E-state index in [1.807, 2.05) is 0 Å². The second kappa shape index (κ2) is 5.51. The van der Waals surface area contributed by atoms with Crippen LogP contribution in [0, 0.1) is 0 Å². The molecule has 1 aromatic rings. The van der Waals surface area contributed by atoms with Crippen molar-refractivity contribution in [3.05, 3.63) is 29.3 Å². The van der Waals surface area contributed by atoms with Gasteiger partial charge in [0.1, 0.15) is 11.4 Å². The number of nitrogens with one attached hydrogen (secondary N) is 1. The molecule has 1 aromatic carbocycles. The molecule has 0 fully saturated rings. The van der Waals surface area contributed by atoms with Gasteiger partial charge in [0.2, 0.25) is 0 Å². The van der Waals surface area contributed by atoms with Crippen molar-refractivity contribution in [2.75, 3.05) is 7.11 Å². The van der Waals surface area contributed by atoms with E-state index in [-0.39, 0.29) is 11.6 Å². The summed E-state index contributed by atoms with van der Waals surface area (Å²) in [5, 5.41) is 0. The van der Waals surface area contributed by atoms with Crippen molar-refractivity contribution in [3.63, 3.8) is 0 Å². The highest BCUT2D eigenvalue weighted by molar-refractivity contribution is 5.47. The summed E-state index contributed by atoms with van der Waals surface area (Å²) in [6.45, 7) is 8.73. The van der Waals surface area contributed by atoms with E-state index in [1.54, 1.807) is 7.11 Å². The van der Waals surface area contributed by atoms with Crippen LogP contribution < -0.4 is 10.2 Å². The SMILES string of the molecule is CCC(C)c1cccc2c1OC(C)(C)CC2NOC. The maximum atomic E-state index is 6.25. The normalized spacial score (nSPS) is 22.5. The van der Waals surface area contributed by atoms with Crippen LogP contribution in [-0.4, -0.2) is 12.7 Å². The smallest absolute Gasteiger partial charge is 0.128 e. The van der Waals surface area contributed by atoms with Crippen molar-refractivity contribution in [1.82, 2.24) is 5.48 Å². The maximum Gasteiger partial charge on any atom is 0.128 e. The Kier molecular flexibility index (Phi) is 4.16. The van der Waals surface area contributed by atoms with Crippen LogP contribution >= 0.6 is 0 Å². The van der Waals surface area contributed by atoms with E-state index in [4.69, 9.17) is 9.57 Å². The number of ether oxygens (including phenoxy) is 1. The van der Waals surface area contributed by atoms with E-state index in [2.05, 4.69) is 51.4 Å². The molecule has 0 aliphatic carbocycles. The lowest BCUT2D eigenvalue weighted by atomic mass is 9.86. The molecule has 0 amide bonds. The number of fused-ring (bicyclic) bond motifs is 1. The molecule has 1 aliphatic rings. The highest BCUT2D eigenvalue weighted by Gasteiger charge is 2.35. The maximum absolute atomic E-state index is 6.25. The van der Waals surface area contributed by atoms with Gasteiger partial charge in [-0.1, -0.05) is 32.0 Å². The van der Waals surface area contributed by atoms with E-state index in [1.165, 1.54) is 11.1 Å². The monoisotopic (exact) mass is 263 g/mol. The summed E-state index contributed by atoms with van der Waals surface area (Å²) in [6.07, 6.45) is 2.01. The largest absolute Gasteiger partial charge is 0.487 e. The number of hydrogen-bond donors (Lipinski definition) is 1. The zero-order valence-corrected chi connectivity index (χ0v) is 12.6. The first-order chi connectivity index (χ1) is 8.98. The fraction of sp³-hybridized carbons (Fsp3) is 0.625. The molecular formula is C16H25NO2. The highest BCUT2D eigenvalue weighted by atomic mass is 16.6. The standard InChI is InChI=1S/C16H25NO2/c1-6-11(2)12-8-7-9-13-14(17-18-5)10-16(3,4)19-15(12)13/h7-9,11,14,17H,6,10H2,1-5H3. The fourth-order valence-corrected chi connectivity index (χ4v) is 2.74. The van der Waals surface area contributed by atoms with Crippen molar-refractivity contribution in [2.24, 2.45) is 0 Å². The lowest BCUT2D eigenvalue weighted by Gasteiger charge is -2.39. The van der Waals surface area contributed by atoms with Gasteiger partial charge in [0, 0.05) is 12.0 Å². The molecule has 2 unspecified atom stereocenters. The summed E-state index contributed by atoms with van der Waals surface area (Å²) in [5.41, 5.74) is 5.44. The minimum Gasteiger partial charge on any atom is -0.487 e. The summed E-state index contributed by atoms with van der Waals surface area (Å²) < 4.78 is 6.25. The molecule has 1 aliphatic heterocycles. The number of rotatable bonds is 4. The van der Waals surface area contributed by atoms with Gasteiger partial charge in [-0.25, -0.2) is 0 Å². The van der Waals surface area contributed by atoms with Gasteiger partial charge in [-0.05, 0) is 31.7 Å². The Balaban J connectivity index is 2.46. The van der Waals surface area contributed by atoms with E-state index in [0.29, 0.717) is 5.92 Å². The Labute approximate surface area is 116 Å². The van der Waals surface area contributed by atoms with Gasteiger partial charge in [0.05, 0.1) is 13.2 Å². The van der Waals surface area contributed by atoms with Crippen LogP contribution in [0.25, 0.3) is 0 Å². The summed E-state index contributed by atoms with van der Waals surface area (Å²) in [6, 6.07) is 6.62. The Morgan fingerprint density at radius 1 is 1.47 bits per heavy atom. The number of hydrogen-bond acceptors (Lipinski definition) is 3. The van der Waals surface area contributed by atoms with E-state index < -0.39 is 0 Å². The van der Waals surface area contributed by atoms with Crippen molar-refractivity contribution in [2.45, 2.75) is 58.1 Å². The lowest BCUT2D eigenvalue weighted by Crippen LogP contribution is -2.39. The molecule has 0 saturated carbocycles. The Morgan fingerprint density at radius 2 is 2.21 bits per heavy atom. The average molecular weight is 263 g/mol. The van der Waals surface area contributed by atoms with Crippen LogP contribution in [0.5, 0.6) is 5.75 Å². The molecule has 0 bridgehead atoms. The molecular weight excluding hydrogens is 238 g/mol. The molecule has 19 heavy (non-hydrogen) atoms. The van der Waals surface area contributed by atoms with Crippen LogP contribution in [0.1, 0.15) is 63.6 Å². The van der Waals surface area contributed by atoms with Gasteiger partial charge >= 0.3 is 0 Å². The lowest BCUT2D eigenvalue weighted by molar-refractivity contribution is 0.00226. The Hall–Kier alpha value is -1.06. The van der Waals surface area contributed by atoms with Crippen LogP contribution in [0.4, 0.5) is 0 Å². The van der Waals surface area contributed by atoms with Gasteiger partial charge in [0.15, 0.2) is 0 Å². The van der Waals surface area contributed by atoms with E-state index >= 15 is 0 Å². The minimum absolute atomic E-state index is 0.174. The van der Waals surface area contributed by atoms with Gasteiger partial charge in [0.25, 0.3) is 0 Å². The zero-order chi connectivity index (χ0) is 14.0. The Bertz CT molecular complexity index is 442. The molecule has 106 valence electrons. The van der Waals surface area contributed by atoms with Crippen molar-refractivity contribution in [3.8, 4) is 5.75 Å². The molecule has 0 radical (unpaired) electrons. The predicted octanol–water partition coefficient (Wildman–Crippen LogP) is 3.95. The topological polar surface area (TPSA) is 30.5 Å². The van der Waals surface area contributed by atoms with Crippen LogP contribution in [0.15, 0.2) is 18.2 Å². The average Bonchev–Trinajstić information content (AvgIpc) is 2.36. The third kappa shape index (κ3) is 2.93. The molecule has 2 atom stereocenters. The number of para-hydroxylation sites is 1. The zero-order valence-electron chi connectivity index (χ0n) is 12.6. The van der Waals surface area contributed by atoms with Crippen molar-refractivity contribution < 1.29 is 9.57 Å². The van der Waals surface area contributed by atoms with E-state index in [0.717, 1.165) is 18.6 Å². The van der Waals surface area contributed by atoms with E-state index in [9.17, 15) is 0 Å². The molecule has 1 N–H and O–H groups in total. The first-order valence-electron chi connectivity index (χ1n) is 7.09. The molecule has 1 heterocycles. The summed E-state index contributed by atoms with van der Waals surface area (Å²) in [7, 11) is 1.67. The summed E-state index contributed by atoms with van der Waals surface area (Å²) >= 11 is 0. The van der Waals surface area contributed by atoms with Crippen LogP contribution in [-0.2, 0) is 4.84 Å². The van der Waals surface area contributed by atoms with Crippen LogP contribution in [0.3, 0.4) is 0 Å². The van der Waals surface area contributed by atoms with Gasteiger partial charge in [-0.2, -0.15) is 5.48 Å². The second-order valence-electron chi connectivity index (χ2n) is 6.02. The van der Waals surface area contributed by atoms with Crippen molar-refractivity contribution in [1.29, 1.82) is 0 Å². The second-order valence-corrected chi connectivity index (χ2v) is 6.02. The van der Waals surface area contributed by atoms with Gasteiger partial charge in [-0.3, -0.25) is 0 Å². The minimum atomic E-state index is -0.174. The van der Waals surface area contributed by atoms with Crippen molar-refractivity contribution >= 4 is 0 Å². The molecule has 0 aromatic heterocycles. The molecule has 0 saturated heterocycles. The Morgan fingerprint density at radius 3 is 2.84 bits per heavy atom. The molecule has 0 spiro atoms.